The predicted molar refractivity (Wildman–Crippen MR) is 144 cm³/mol. The van der Waals surface area contributed by atoms with Gasteiger partial charge in [-0.1, -0.05) is 18.2 Å². The van der Waals surface area contributed by atoms with Crippen LogP contribution in [0.4, 0.5) is 5.95 Å². The number of allylic oxidation sites excluding steroid dienone is 1. The van der Waals surface area contributed by atoms with E-state index in [1.165, 1.54) is 6.08 Å². The van der Waals surface area contributed by atoms with Crippen molar-refractivity contribution in [3.05, 3.63) is 72.1 Å². The molecule has 0 radical (unpaired) electrons. The summed E-state index contributed by atoms with van der Waals surface area (Å²) in [5.74, 6) is 2.01. The maximum absolute atomic E-state index is 11.0. The topological polar surface area (TPSA) is 109 Å². The lowest BCUT2D eigenvalue weighted by atomic mass is 9.63. The van der Waals surface area contributed by atoms with Crippen molar-refractivity contribution in [2.45, 2.75) is 25.5 Å². The zero-order valence-corrected chi connectivity index (χ0v) is 21.0. The first-order valence-electron chi connectivity index (χ1n) is 12.6. The van der Waals surface area contributed by atoms with Crippen LogP contribution in [0.2, 0.25) is 0 Å². The zero-order valence-electron chi connectivity index (χ0n) is 21.0. The number of carbonyl (C=O) groups excluding carboxylic acids is 1. The molecule has 1 N–H and O–H groups in total. The van der Waals surface area contributed by atoms with Gasteiger partial charge in [0.25, 0.3) is 0 Å². The Morgan fingerprint density at radius 1 is 1.21 bits per heavy atom. The van der Waals surface area contributed by atoms with Crippen LogP contribution in [0.5, 0.6) is 5.75 Å². The molecule has 9 nitrogen and oxygen atoms in total. The van der Waals surface area contributed by atoms with E-state index in [4.69, 9.17) is 9.72 Å². The average molecular weight is 506 g/mol. The van der Waals surface area contributed by atoms with Gasteiger partial charge in [0.05, 0.1) is 35.1 Å². The van der Waals surface area contributed by atoms with Crippen LogP contribution in [0, 0.1) is 16.7 Å². The molecule has 0 bridgehead atoms. The van der Waals surface area contributed by atoms with E-state index in [1.54, 1.807) is 30.7 Å². The smallest absolute Gasteiger partial charge is 0.210 e. The molecule has 4 aromatic rings. The standard InChI is InChI=1S/C29H27N7O2/c1-35(28-34-25-7-6-20(14-30)11-26(25)36(28)8-3-9-37)17-21-4-2-5-22(10-21)27-32-15-24(16-33-27)38-23-12-29(13-23)18-31-19-29/h2-11,15-16,23,31H,12-13,17-19H2,1H3/b8-3-. The van der Waals surface area contributed by atoms with Crippen molar-refractivity contribution in [3.8, 4) is 23.2 Å². The van der Waals surface area contributed by atoms with Crippen LogP contribution in [0.3, 0.4) is 0 Å². The molecule has 2 aromatic heterocycles. The number of fused-ring (bicyclic) bond motifs is 1. The second-order valence-corrected chi connectivity index (χ2v) is 10.1. The van der Waals surface area contributed by atoms with Crippen molar-refractivity contribution in [1.82, 2.24) is 24.8 Å². The van der Waals surface area contributed by atoms with E-state index in [2.05, 4.69) is 27.4 Å². The maximum Gasteiger partial charge on any atom is 0.210 e. The van der Waals surface area contributed by atoms with Gasteiger partial charge >= 0.3 is 0 Å². The first-order valence-corrected chi connectivity index (χ1v) is 12.6. The minimum absolute atomic E-state index is 0.252. The van der Waals surface area contributed by atoms with Crippen molar-refractivity contribution < 1.29 is 9.53 Å². The predicted octanol–water partition coefficient (Wildman–Crippen LogP) is 3.80. The van der Waals surface area contributed by atoms with E-state index in [9.17, 15) is 10.1 Å². The van der Waals surface area contributed by atoms with E-state index < -0.39 is 0 Å². The van der Waals surface area contributed by atoms with Crippen LogP contribution in [-0.2, 0) is 11.3 Å². The molecule has 38 heavy (non-hydrogen) atoms. The van der Waals surface area contributed by atoms with Gasteiger partial charge in [0.15, 0.2) is 11.6 Å². The summed E-state index contributed by atoms with van der Waals surface area (Å²) in [5, 5.41) is 12.7. The quantitative estimate of drug-likeness (QED) is 0.285. The van der Waals surface area contributed by atoms with Crippen molar-refractivity contribution in [1.29, 1.82) is 5.26 Å². The Bertz CT molecular complexity index is 1560. The highest BCUT2D eigenvalue weighted by Crippen LogP contribution is 2.45. The molecule has 3 heterocycles. The second kappa shape index (κ2) is 9.72. The molecule has 1 saturated heterocycles. The number of carbonyl (C=O) groups is 1. The highest BCUT2D eigenvalue weighted by Gasteiger charge is 2.49. The fourth-order valence-electron chi connectivity index (χ4n) is 5.32. The third kappa shape index (κ3) is 4.51. The third-order valence-corrected chi connectivity index (χ3v) is 7.31. The summed E-state index contributed by atoms with van der Waals surface area (Å²) in [7, 11) is 1.94. The summed E-state index contributed by atoms with van der Waals surface area (Å²) in [4.78, 5) is 26.9. The monoisotopic (exact) mass is 505 g/mol. The average Bonchev–Trinajstić information content (AvgIpc) is 3.26. The molecule has 2 fully saturated rings. The molecule has 9 heteroatoms. The summed E-state index contributed by atoms with van der Waals surface area (Å²) < 4.78 is 7.88. The Morgan fingerprint density at radius 2 is 2.03 bits per heavy atom. The normalized spacial score (nSPS) is 16.2. The van der Waals surface area contributed by atoms with Gasteiger partial charge in [-0.05, 0) is 48.7 Å². The van der Waals surface area contributed by atoms with Crippen molar-refractivity contribution in [2.24, 2.45) is 5.41 Å². The highest BCUT2D eigenvalue weighted by molar-refractivity contribution is 5.84. The van der Waals surface area contributed by atoms with E-state index in [-0.39, 0.29) is 6.10 Å². The van der Waals surface area contributed by atoms with E-state index in [1.807, 2.05) is 40.8 Å². The molecule has 1 saturated carbocycles. The van der Waals surface area contributed by atoms with E-state index in [0.717, 1.165) is 54.4 Å². The van der Waals surface area contributed by atoms with Crippen molar-refractivity contribution >= 4 is 29.5 Å². The Morgan fingerprint density at radius 3 is 2.74 bits per heavy atom. The van der Waals surface area contributed by atoms with Gasteiger partial charge in [0.1, 0.15) is 12.4 Å². The molecule has 190 valence electrons. The summed E-state index contributed by atoms with van der Waals surface area (Å²) in [6.07, 6.45) is 9.74. The number of aromatic nitrogens is 4. The minimum atomic E-state index is 0.252. The summed E-state index contributed by atoms with van der Waals surface area (Å²) in [6.45, 7) is 2.77. The third-order valence-electron chi connectivity index (χ3n) is 7.31. The fourth-order valence-corrected chi connectivity index (χ4v) is 5.32. The van der Waals surface area contributed by atoms with Crippen LogP contribution < -0.4 is 15.0 Å². The van der Waals surface area contributed by atoms with Crippen LogP contribution in [0.1, 0.15) is 24.0 Å². The molecule has 1 aliphatic carbocycles. The Kier molecular flexibility index (Phi) is 6.10. The SMILES string of the molecule is CN(Cc1cccc(-c2ncc(OC3CC4(CNC4)C3)cn2)c1)c1nc2ccc(C#N)cc2n1/C=C\C=O. The number of hydrogen-bond acceptors (Lipinski definition) is 8. The van der Waals surface area contributed by atoms with Crippen LogP contribution in [-0.4, -0.2) is 52.0 Å². The number of nitrogens with one attached hydrogen (secondary N) is 1. The number of rotatable bonds is 8. The van der Waals surface area contributed by atoms with Gasteiger partial charge < -0.3 is 15.0 Å². The Hall–Kier alpha value is -4.55. The highest BCUT2D eigenvalue weighted by atomic mass is 16.5. The summed E-state index contributed by atoms with van der Waals surface area (Å²) in [6, 6.07) is 15.6. The molecular formula is C29H27N7O2. The fraction of sp³-hybridized carbons (Fsp3) is 0.276. The second-order valence-electron chi connectivity index (χ2n) is 10.1. The number of imidazole rings is 1. The minimum Gasteiger partial charge on any atom is -0.487 e. The molecule has 2 aromatic carbocycles. The molecule has 1 aliphatic heterocycles. The van der Waals surface area contributed by atoms with E-state index >= 15 is 0 Å². The lowest BCUT2D eigenvalue weighted by Crippen LogP contribution is -2.62. The zero-order chi connectivity index (χ0) is 26.1. The number of benzene rings is 2. The molecule has 2 aliphatic rings. The number of anilines is 1. The molecule has 1 spiro atoms. The summed E-state index contributed by atoms with van der Waals surface area (Å²) in [5.41, 5.74) is 4.47. The molecule has 6 rings (SSSR count). The number of nitrogens with zero attached hydrogens (tertiary/aromatic N) is 6. The van der Waals surface area contributed by atoms with Gasteiger partial charge in [-0.2, -0.15) is 5.26 Å². The molecule has 0 unspecified atom stereocenters. The Balaban J connectivity index is 1.18. The number of aldehydes is 1. The lowest BCUT2D eigenvalue weighted by molar-refractivity contribution is -0.104. The van der Waals surface area contributed by atoms with Gasteiger partial charge in [-0.3, -0.25) is 9.36 Å². The van der Waals surface area contributed by atoms with Crippen molar-refractivity contribution in [3.63, 3.8) is 0 Å². The maximum atomic E-state index is 11.0. The first kappa shape index (κ1) is 23.8. The first-order chi connectivity index (χ1) is 18.6. The van der Waals surface area contributed by atoms with Gasteiger partial charge in [0, 0.05) is 43.9 Å². The molecular weight excluding hydrogens is 478 g/mol. The van der Waals surface area contributed by atoms with Crippen LogP contribution in [0.25, 0.3) is 28.6 Å². The van der Waals surface area contributed by atoms with Gasteiger partial charge in [-0.15, -0.1) is 0 Å². The Labute approximate surface area is 220 Å². The lowest BCUT2D eigenvalue weighted by Gasteiger charge is -2.53. The number of ether oxygens (including phenoxy) is 1. The summed E-state index contributed by atoms with van der Waals surface area (Å²) >= 11 is 0. The van der Waals surface area contributed by atoms with Gasteiger partial charge in [0.2, 0.25) is 5.95 Å². The molecule has 0 amide bonds. The largest absolute Gasteiger partial charge is 0.487 e. The van der Waals surface area contributed by atoms with Crippen LogP contribution in [0.15, 0.2) is 60.9 Å². The van der Waals surface area contributed by atoms with Crippen LogP contribution >= 0.6 is 0 Å². The molecule has 0 atom stereocenters. The van der Waals surface area contributed by atoms with Gasteiger partial charge in [-0.25, -0.2) is 15.0 Å². The van der Waals surface area contributed by atoms with E-state index in [0.29, 0.717) is 35.0 Å². The number of hydrogen-bond donors (Lipinski definition) is 1. The number of nitriles is 1. The van der Waals surface area contributed by atoms with Crippen molar-refractivity contribution in [2.75, 3.05) is 25.0 Å².